The van der Waals surface area contributed by atoms with Crippen LogP contribution in [0.3, 0.4) is 0 Å². The lowest BCUT2D eigenvalue weighted by Crippen LogP contribution is -1.89. The summed E-state index contributed by atoms with van der Waals surface area (Å²) >= 11 is 2.37. The zero-order valence-corrected chi connectivity index (χ0v) is 13.4. The molecule has 4 rings (SSSR count). The molecule has 0 aliphatic carbocycles. The van der Waals surface area contributed by atoms with Crippen molar-refractivity contribution in [1.29, 1.82) is 0 Å². The average Bonchev–Trinajstić information content (AvgIpc) is 2.54. The Morgan fingerprint density at radius 3 is 2.43 bits per heavy atom. The lowest BCUT2D eigenvalue weighted by molar-refractivity contribution is 1.39. The van der Waals surface area contributed by atoms with Crippen LogP contribution in [0, 0.1) is 3.57 Å². The zero-order chi connectivity index (χ0) is 14.2. The van der Waals surface area contributed by atoms with E-state index in [-0.39, 0.29) is 0 Å². The number of hydrogen-bond donors (Lipinski definition) is 0. The number of rotatable bonds is 1. The molecule has 1 aromatic heterocycles. The van der Waals surface area contributed by atoms with Crippen molar-refractivity contribution in [2.75, 3.05) is 0 Å². The van der Waals surface area contributed by atoms with Crippen molar-refractivity contribution in [3.8, 4) is 11.1 Å². The fourth-order valence-corrected chi connectivity index (χ4v) is 3.50. The number of nitrogens with zero attached hydrogens (tertiary/aromatic N) is 1. The molecule has 0 N–H and O–H groups in total. The van der Waals surface area contributed by atoms with Crippen LogP contribution in [0.25, 0.3) is 32.8 Å². The van der Waals surface area contributed by atoms with Gasteiger partial charge in [0.25, 0.3) is 0 Å². The Morgan fingerprint density at radius 1 is 0.762 bits per heavy atom. The summed E-state index contributed by atoms with van der Waals surface area (Å²) in [5, 5.41) is 3.75. The van der Waals surface area contributed by atoms with Gasteiger partial charge in [0.2, 0.25) is 0 Å². The van der Waals surface area contributed by atoms with Crippen molar-refractivity contribution in [3.63, 3.8) is 0 Å². The highest BCUT2D eigenvalue weighted by atomic mass is 127. The standard InChI is InChI=1S/C19H12IN/c20-17-12-21-18-8-4-3-7-16(18)19(17)15-10-9-13-5-1-2-6-14(13)11-15/h1-12H. The smallest absolute Gasteiger partial charge is 0.0709 e. The number of fused-ring (bicyclic) bond motifs is 2. The first-order chi connectivity index (χ1) is 10.3. The number of hydrogen-bond acceptors (Lipinski definition) is 1. The van der Waals surface area contributed by atoms with Gasteiger partial charge in [0, 0.05) is 20.7 Å². The van der Waals surface area contributed by atoms with Crippen LogP contribution in [0.4, 0.5) is 0 Å². The second-order valence-electron chi connectivity index (χ2n) is 5.06. The number of para-hydroxylation sites is 1. The molecule has 21 heavy (non-hydrogen) atoms. The van der Waals surface area contributed by atoms with Gasteiger partial charge in [-0.15, -0.1) is 0 Å². The summed E-state index contributed by atoms with van der Waals surface area (Å²) in [5.74, 6) is 0. The van der Waals surface area contributed by atoms with Crippen molar-refractivity contribution in [2.45, 2.75) is 0 Å². The van der Waals surface area contributed by atoms with Gasteiger partial charge < -0.3 is 0 Å². The molecule has 4 aromatic rings. The predicted molar refractivity (Wildman–Crippen MR) is 97.4 cm³/mol. The van der Waals surface area contributed by atoms with Crippen LogP contribution in [0.1, 0.15) is 0 Å². The van der Waals surface area contributed by atoms with Gasteiger partial charge in [0.1, 0.15) is 0 Å². The van der Waals surface area contributed by atoms with E-state index in [4.69, 9.17) is 0 Å². The van der Waals surface area contributed by atoms with Gasteiger partial charge in [0.05, 0.1) is 5.52 Å². The largest absolute Gasteiger partial charge is 0.255 e. The van der Waals surface area contributed by atoms with Crippen LogP contribution in [-0.2, 0) is 0 Å². The van der Waals surface area contributed by atoms with E-state index >= 15 is 0 Å². The van der Waals surface area contributed by atoms with Gasteiger partial charge >= 0.3 is 0 Å². The molecule has 100 valence electrons. The van der Waals surface area contributed by atoms with Crippen molar-refractivity contribution in [1.82, 2.24) is 4.98 Å². The molecule has 0 fully saturated rings. The lowest BCUT2D eigenvalue weighted by atomic mass is 9.98. The molecule has 0 saturated carbocycles. The average molecular weight is 381 g/mol. The third kappa shape index (κ3) is 2.20. The molecule has 0 saturated heterocycles. The fourth-order valence-electron chi connectivity index (χ4n) is 2.76. The Balaban J connectivity index is 2.05. The molecule has 0 unspecified atom stereocenters. The summed E-state index contributed by atoms with van der Waals surface area (Å²) in [7, 11) is 0. The third-order valence-corrected chi connectivity index (χ3v) is 4.59. The highest BCUT2D eigenvalue weighted by Gasteiger charge is 2.09. The monoisotopic (exact) mass is 381 g/mol. The molecule has 0 atom stereocenters. The molecule has 2 heteroatoms. The minimum Gasteiger partial charge on any atom is -0.255 e. The van der Waals surface area contributed by atoms with Gasteiger partial charge in [0.15, 0.2) is 0 Å². The summed E-state index contributed by atoms with van der Waals surface area (Å²) < 4.78 is 1.18. The quantitative estimate of drug-likeness (QED) is 0.388. The number of aromatic nitrogens is 1. The topological polar surface area (TPSA) is 12.9 Å². The Kier molecular flexibility index (Phi) is 3.11. The van der Waals surface area contributed by atoms with E-state index < -0.39 is 0 Å². The molecule has 3 aromatic carbocycles. The molecule has 0 bridgehead atoms. The Hall–Kier alpha value is -1.94. The second-order valence-corrected chi connectivity index (χ2v) is 6.22. The summed E-state index contributed by atoms with van der Waals surface area (Å²) in [4.78, 5) is 4.52. The van der Waals surface area contributed by atoms with Crippen LogP contribution in [0.2, 0.25) is 0 Å². The summed E-state index contributed by atoms with van der Waals surface area (Å²) in [6.07, 6.45) is 1.95. The summed E-state index contributed by atoms with van der Waals surface area (Å²) in [6, 6.07) is 23.4. The molecule has 0 radical (unpaired) electrons. The normalized spacial score (nSPS) is 11.1. The molecule has 0 aliphatic rings. The van der Waals surface area contributed by atoms with E-state index in [1.54, 1.807) is 0 Å². The van der Waals surface area contributed by atoms with E-state index in [9.17, 15) is 0 Å². The molecule has 1 heterocycles. The van der Waals surface area contributed by atoms with Crippen LogP contribution in [0.15, 0.2) is 72.9 Å². The minimum atomic E-state index is 1.04. The maximum atomic E-state index is 4.52. The SMILES string of the molecule is Ic1cnc2ccccc2c1-c1ccc2ccccc2c1. The molecular formula is C19H12IN. The third-order valence-electron chi connectivity index (χ3n) is 3.77. The van der Waals surface area contributed by atoms with Crippen molar-refractivity contribution < 1.29 is 0 Å². The first kappa shape index (κ1) is 12.8. The molecule has 0 aliphatic heterocycles. The molecular weight excluding hydrogens is 369 g/mol. The first-order valence-corrected chi connectivity index (χ1v) is 7.93. The number of pyridine rings is 1. The minimum absolute atomic E-state index is 1.04. The maximum Gasteiger partial charge on any atom is 0.0709 e. The first-order valence-electron chi connectivity index (χ1n) is 6.85. The van der Waals surface area contributed by atoms with E-state index in [0.717, 1.165) is 5.52 Å². The van der Waals surface area contributed by atoms with Gasteiger partial charge in [-0.3, -0.25) is 4.98 Å². The fraction of sp³-hybridized carbons (Fsp3) is 0. The van der Waals surface area contributed by atoms with Gasteiger partial charge in [-0.25, -0.2) is 0 Å². The van der Waals surface area contributed by atoms with Crippen LogP contribution < -0.4 is 0 Å². The lowest BCUT2D eigenvalue weighted by Gasteiger charge is -2.10. The van der Waals surface area contributed by atoms with Crippen LogP contribution >= 0.6 is 22.6 Å². The molecule has 0 spiro atoms. The molecule has 1 nitrogen and oxygen atoms in total. The Bertz CT molecular complexity index is 960. The Labute approximate surface area is 136 Å². The van der Waals surface area contributed by atoms with Crippen molar-refractivity contribution in [3.05, 3.63) is 76.5 Å². The Morgan fingerprint density at radius 2 is 1.52 bits per heavy atom. The van der Waals surface area contributed by atoms with E-state index in [1.807, 2.05) is 12.3 Å². The number of halogens is 1. The van der Waals surface area contributed by atoms with Crippen LogP contribution in [-0.4, -0.2) is 4.98 Å². The van der Waals surface area contributed by atoms with Crippen LogP contribution in [0.5, 0.6) is 0 Å². The van der Waals surface area contributed by atoms with E-state index in [0.29, 0.717) is 0 Å². The summed E-state index contributed by atoms with van der Waals surface area (Å²) in [6.45, 7) is 0. The predicted octanol–water partition coefficient (Wildman–Crippen LogP) is 5.66. The molecule has 0 amide bonds. The van der Waals surface area contributed by atoms with E-state index in [2.05, 4.69) is 88.2 Å². The second kappa shape index (κ2) is 5.11. The van der Waals surface area contributed by atoms with Gasteiger partial charge in [-0.2, -0.15) is 0 Å². The maximum absolute atomic E-state index is 4.52. The van der Waals surface area contributed by atoms with Gasteiger partial charge in [-0.05, 0) is 51.1 Å². The highest BCUT2D eigenvalue weighted by Crippen LogP contribution is 2.33. The summed E-state index contributed by atoms with van der Waals surface area (Å²) in [5.41, 5.74) is 3.56. The van der Waals surface area contributed by atoms with Crippen molar-refractivity contribution in [2.24, 2.45) is 0 Å². The highest BCUT2D eigenvalue weighted by molar-refractivity contribution is 14.1. The number of benzene rings is 3. The van der Waals surface area contributed by atoms with Crippen molar-refractivity contribution >= 4 is 44.3 Å². The zero-order valence-electron chi connectivity index (χ0n) is 11.3. The van der Waals surface area contributed by atoms with Gasteiger partial charge in [-0.1, -0.05) is 54.6 Å². The van der Waals surface area contributed by atoms with E-state index in [1.165, 1.54) is 30.9 Å².